The largest absolute Gasteiger partial charge is 0.327 e. The number of aromatic nitrogens is 6. The van der Waals surface area contributed by atoms with Crippen molar-refractivity contribution in [3.8, 4) is 0 Å². The molecule has 3 aromatic heterocycles. The first-order valence-corrected chi connectivity index (χ1v) is 6.01. The van der Waals surface area contributed by atoms with Crippen LogP contribution in [-0.2, 0) is 0 Å². The van der Waals surface area contributed by atoms with Crippen LogP contribution in [0.1, 0.15) is 0 Å². The number of aromatic amines is 2. The molecule has 0 radical (unpaired) electrons. The van der Waals surface area contributed by atoms with E-state index < -0.39 is 11.2 Å². The number of nitrogens with zero attached hydrogens (tertiary/aromatic N) is 4. The second-order valence-corrected chi connectivity index (χ2v) is 4.42. The van der Waals surface area contributed by atoms with E-state index in [0.717, 1.165) is 11.7 Å². The van der Waals surface area contributed by atoms with Crippen molar-refractivity contribution in [2.24, 2.45) is 0 Å². The van der Waals surface area contributed by atoms with Crippen LogP contribution in [0.5, 0.6) is 0 Å². The first kappa shape index (κ1) is 10.3. The summed E-state index contributed by atoms with van der Waals surface area (Å²) >= 11 is 1.07. The fourth-order valence-corrected chi connectivity index (χ4v) is 2.45. The van der Waals surface area contributed by atoms with E-state index in [-0.39, 0.29) is 11.2 Å². The topological polar surface area (TPSA) is 117 Å². The second-order valence-electron chi connectivity index (χ2n) is 3.89. The fourth-order valence-electron chi connectivity index (χ4n) is 1.91. The van der Waals surface area contributed by atoms with Crippen molar-refractivity contribution in [2.75, 3.05) is 0 Å². The first-order valence-electron chi connectivity index (χ1n) is 5.28. The summed E-state index contributed by atoms with van der Waals surface area (Å²) in [6.45, 7) is 0. The van der Waals surface area contributed by atoms with Crippen LogP contribution in [0.4, 0.5) is 0 Å². The van der Waals surface area contributed by atoms with E-state index in [0.29, 0.717) is 22.1 Å². The highest BCUT2D eigenvalue weighted by molar-refractivity contribution is 7.00. The molecule has 0 aliphatic carbocycles. The molecular formula is C10H4N6O2S. The lowest BCUT2D eigenvalue weighted by Gasteiger charge is -1.99. The minimum atomic E-state index is -0.609. The number of hydrogen-bond donors (Lipinski definition) is 2. The predicted octanol–water partition coefficient (Wildman–Crippen LogP) is 0.164. The van der Waals surface area contributed by atoms with Crippen LogP contribution in [0.3, 0.4) is 0 Å². The van der Waals surface area contributed by atoms with Crippen molar-refractivity contribution in [1.29, 1.82) is 0 Å². The Morgan fingerprint density at radius 1 is 0.895 bits per heavy atom. The quantitative estimate of drug-likeness (QED) is 0.440. The van der Waals surface area contributed by atoms with Gasteiger partial charge in [-0.3, -0.25) is 14.8 Å². The Morgan fingerprint density at radius 3 is 2.63 bits per heavy atom. The van der Waals surface area contributed by atoms with Gasteiger partial charge >= 0.3 is 5.69 Å². The van der Waals surface area contributed by atoms with Gasteiger partial charge in [0.1, 0.15) is 16.6 Å². The van der Waals surface area contributed by atoms with Crippen LogP contribution >= 0.6 is 11.7 Å². The summed E-state index contributed by atoms with van der Waals surface area (Å²) in [5, 5.41) is 0. The summed E-state index contributed by atoms with van der Waals surface area (Å²) in [4.78, 5) is 36.0. The van der Waals surface area contributed by atoms with E-state index in [1.54, 1.807) is 12.1 Å². The molecular weight excluding hydrogens is 268 g/mol. The molecule has 19 heavy (non-hydrogen) atoms. The Morgan fingerprint density at radius 2 is 1.74 bits per heavy atom. The molecule has 92 valence electrons. The molecule has 9 heteroatoms. The molecule has 0 spiro atoms. The van der Waals surface area contributed by atoms with Gasteiger partial charge in [0, 0.05) is 0 Å². The summed E-state index contributed by atoms with van der Waals surface area (Å²) in [5.41, 5.74) is 1.40. The molecule has 0 bridgehead atoms. The summed E-state index contributed by atoms with van der Waals surface area (Å²) < 4.78 is 8.25. The predicted molar refractivity (Wildman–Crippen MR) is 69.3 cm³/mol. The smallest absolute Gasteiger partial charge is 0.290 e. The Balaban J connectivity index is 2.33. The average molecular weight is 272 g/mol. The molecule has 0 aliphatic rings. The maximum atomic E-state index is 11.7. The highest BCUT2D eigenvalue weighted by Crippen LogP contribution is 2.21. The first-order chi connectivity index (χ1) is 9.22. The molecule has 8 nitrogen and oxygen atoms in total. The summed E-state index contributed by atoms with van der Waals surface area (Å²) in [7, 11) is 0. The normalized spacial score (nSPS) is 11.6. The van der Waals surface area contributed by atoms with E-state index in [9.17, 15) is 9.59 Å². The molecule has 0 saturated heterocycles. The zero-order valence-corrected chi connectivity index (χ0v) is 9.98. The van der Waals surface area contributed by atoms with Crippen molar-refractivity contribution >= 4 is 45.0 Å². The Labute approximate surface area is 107 Å². The number of hydrogen-bond acceptors (Lipinski definition) is 7. The summed E-state index contributed by atoms with van der Waals surface area (Å²) in [6, 6.07) is 3.50. The van der Waals surface area contributed by atoms with Crippen LogP contribution in [0, 0.1) is 0 Å². The Kier molecular flexibility index (Phi) is 1.85. The van der Waals surface area contributed by atoms with Crippen LogP contribution in [0.25, 0.3) is 33.2 Å². The maximum Gasteiger partial charge on any atom is 0.327 e. The zero-order valence-electron chi connectivity index (χ0n) is 9.17. The van der Waals surface area contributed by atoms with E-state index in [2.05, 4.69) is 28.7 Å². The molecule has 4 rings (SSSR count). The zero-order chi connectivity index (χ0) is 13.0. The van der Waals surface area contributed by atoms with Gasteiger partial charge in [0.05, 0.1) is 17.2 Å². The molecule has 1 aromatic carbocycles. The third kappa shape index (κ3) is 1.38. The van der Waals surface area contributed by atoms with Gasteiger partial charge in [-0.05, 0) is 12.1 Å². The number of H-pyrrole nitrogens is 2. The monoisotopic (exact) mass is 272 g/mol. The van der Waals surface area contributed by atoms with E-state index in [4.69, 9.17) is 0 Å². The summed E-state index contributed by atoms with van der Waals surface area (Å²) in [5.74, 6) is 0. The maximum absolute atomic E-state index is 11.7. The number of fused-ring (bicyclic) bond motifs is 4. The van der Waals surface area contributed by atoms with E-state index >= 15 is 0 Å². The molecule has 3 heterocycles. The van der Waals surface area contributed by atoms with E-state index in [1.165, 1.54) is 0 Å². The highest BCUT2D eigenvalue weighted by Gasteiger charge is 2.11. The minimum Gasteiger partial charge on any atom is -0.290 e. The van der Waals surface area contributed by atoms with Crippen LogP contribution in [0.15, 0.2) is 21.7 Å². The molecule has 0 saturated carbocycles. The van der Waals surface area contributed by atoms with Gasteiger partial charge in [-0.15, -0.1) is 0 Å². The molecule has 0 aliphatic heterocycles. The highest BCUT2D eigenvalue weighted by atomic mass is 32.1. The third-order valence-electron chi connectivity index (χ3n) is 2.73. The van der Waals surface area contributed by atoms with Crippen molar-refractivity contribution in [2.45, 2.75) is 0 Å². The SMILES string of the molecule is O=c1[nH]c(=O)c2nc3c(ccc4nsnc43)nc2[nH]1. The van der Waals surface area contributed by atoms with Gasteiger partial charge in [-0.1, -0.05) is 0 Å². The van der Waals surface area contributed by atoms with Crippen LogP contribution in [0.2, 0.25) is 0 Å². The van der Waals surface area contributed by atoms with Gasteiger partial charge in [0.15, 0.2) is 11.2 Å². The average Bonchev–Trinajstić information content (AvgIpc) is 2.85. The molecule has 0 fully saturated rings. The number of benzene rings is 1. The molecule has 0 unspecified atom stereocenters. The van der Waals surface area contributed by atoms with Gasteiger partial charge in [0.25, 0.3) is 5.56 Å². The Hall–Kier alpha value is -2.68. The summed E-state index contributed by atoms with van der Waals surface area (Å²) in [6.07, 6.45) is 0. The number of rotatable bonds is 0. The lowest BCUT2D eigenvalue weighted by molar-refractivity contribution is 1.05. The number of nitrogens with one attached hydrogen (secondary N) is 2. The van der Waals surface area contributed by atoms with Crippen LogP contribution < -0.4 is 11.2 Å². The van der Waals surface area contributed by atoms with E-state index in [1.807, 2.05) is 0 Å². The molecule has 0 atom stereocenters. The molecule has 0 amide bonds. The standard InChI is InChI=1S/C10H4N6O2S/c17-9-7-8(13-10(18)14-9)11-3-1-2-4-6(5(3)12-7)16-19-15-4/h1-2H,(H2,11,13,14,17,18). The van der Waals surface area contributed by atoms with Gasteiger partial charge in [0.2, 0.25) is 0 Å². The van der Waals surface area contributed by atoms with Crippen molar-refractivity contribution in [3.63, 3.8) is 0 Å². The fraction of sp³-hybridized carbons (Fsp3) is 0. The third-order valence-corrected chi connectivity index (χ3v) is 3.28. The molecule has 4 aromatic rings. The molecule has 2 N–H and O–H groups in total. The van der Waals surface area contributed by atoms with Gasteiger partial charge < -0.3 is 0 Å². The minimum absolute atomic E-state index is 0.0765. The van der Waals surface area contributed by atoms with Crippen LogP contribution in [-0.4, -0.2) is 28.7 Å². The van der Waals surface area contributed by atoms with Gasteiger partial charge in [-0.25, -0.2) is 14.8 Å². The Bertz CT molecular complexity index is 1060. The van der Waals surface area contributed by atoms with Crippen molar-refractivity contribution in [3.05, 3.63) is 33.0 Å². The van der Waals surface area contributed by atoms with Crippen molar-refractivity contribution in [1.82, 2.24) is 28.7 Å². The lowest BCUT2D eigenvalue weighted by Crippen LogP contribution is -2.23. The van der Waals surface area contributed by atoms with Gasteiger partial charge in [-0.2, -0.15) is 8.75 Å². The van der Waals surface area contributed by atoms with Crippen molar-refractivity contribution < 1.29 is 0 Å². The second kappa shape index (κ2) is 3.42. The lowest BCUT2D eigenvalue weighted by atomic mass is 10.2.